The van der Waals surface area contributed by atoms with Crippen LogP contribution in [0, 0.1) is 0 Å². The second-order valence-corrected chi connectivity index (χ2v) is 13.3. The second-order valence-electron chi connectivity index (χ2n) is 8.62. The van der Waals surface area contributed by atoms with Gasteiger partial charge in [-0.25, -0.2) is 0 Å². The minimum absolute atomic E-state index is 0.0949. The second kappa shape index (κ2) is 9.51. The molecule has 0 saturated heterocycles. The number of methoxy groups -OCH3 is 4. The normalized spacial score (nSPS) is 11.6. The van der Waals surface area contributed by atoms with E-state index in [9.17, 15) is 0 Å². The molecule has 2 aromatic carbocycles. The van der Waals surface area contributed by atoms with E-state index >= 15 is 0 Å². The zero-order valence-electron chi connectivity index (χ0n) is 19.6. The van der Waals surface area contributed by atoms with Crippen molar-refractivity contribution in [2.45, 2.75) is 45.4 Å². The van der Waals surface area contributed by atoms with Crippen molar-refractivity contribution in [1.82, 2.24) is 0 Å². The summed E-state index contributed by atoms with van der Waals surface area (Å²) in [6, 6.07) is 9.78. The van der Waals surface area contributed by atoms with E-state index < -0.39 is 8.32 Å². The Bertz CT molecular complexity index is 836. The van der Waals surface area contributed by atoms with Crippen LogP contribution in [-0.4, -0.2) is 36.8 Å². The van der Waals surface area contributed by atoms with Gasteiger partial charge in [0.2, 0.25) is 5.75 Å². The molecule has 0 fully saturated rings. The van der Waals surface area contributed by atoms with Gasteiger partial charge in [-0.15, -0.1) is 0 Å². The summed E-state index contributed by atoms with van der Waals surface area (Å²) in [5, 5.41) is 3.54. The summed E-state index contributed by atoms with van der Waals surface area (Å²) < 4.78 is 28.3. The molecule has 0 unspecified atom stereocenters. The van der Waals surface area contributed by atoms with Gasteiger partial charge in [0, 0.05) is 18.3 Å². The summed E-state index contributed by atoms with van der Waals surface area (Å²) in [4.78, 5) is 0. The SMILES string of the molecule is COc1ccc(NCc2cc(OC)c(OC)c(OC)c2)cc1O[Si](C)(C)C(C)(C)C. The molecule has 0 bridgehead atoms. The standard InChI is InChI=1S/C23H35NO5Si/c1-23(2,3)30(8,9)29-19-14-17(10-11-18(19)25-4)24-15-16-12-20(26-5)22(28-7)21(13-16)27-6/h10-14,24H,15H2,1-9H3. The van der Waals surface area contributed by atoms with E-state index in [1.54, 1.807) is 28.4 Å². The molecule has 166 valence electrons. The van der Waals surface area contributed by atoms with Crippen LogP contribution in [-0.2, 0) is 6.54 Å². The predicted octanol–water partition coefficient (Wildman–Crippen LogP) is 5.72. The Kier molecular flexibility index (Phi) is 7.52. The molecule has 0 aliphatic rings. The highest BCUT2D eigenvalue weighted by Gasteiger charge is 2.39. The average molecular weight is 434 g/mol. The van der Waals surface area contributed by atoms with Crippen molar-refractivity contribution in [3.05, 3.63) is 35.9 Å². The highest BCUT2D eigenvalue weighted by atomic mass is 28.4. The van der Waals surface area contributed by atoms with Crippen LogP contribution >= 0.6 is 0 Å². The van der Waals surface area contributed by atoms with Crippen LogP contribution in [0.3, 0.4) is 0 Å². The molecule has 0 heterocycles. The summed E-state index contributed by atoms with van der Waals surface area (Å²) in [6.45, 7) is 11.7. The van der Waals surface area contributed by atoms with Crippen molar-refractivity contribution in [2.75, 3.05) is 33.8 Å². The molecule has 30 heavy (non-hydrogen) atoms. The zero-order chi connectivity index (χ0) is 22.5. The Labute approximate surface area is 181 Å². The lowest BCUT2D eigenvalue weighted by molar-refractivity contribution is 0.324. The molecule has 6 nitrogen and oxygen atoms in total. The summed E-state index contributed by atoms with van der Waals surface area (Å²) >= 11 is 0. The smallest absolute Gasteiger partial charge is 0.250 e. The molecule has 1 N–H and O–H groups in total. The summed E-state index contributed by atoms with van der Waals surface area (Å²) in [5.74, 6) is 3.34. The topological polar surface area (TPSA) is 58.2 Å². The fourth-order valence-corrected chi connectivity index (χ4v) is 3.75. The first kappa shape index (κ1) is 23.7. The number of nitrogens with one attached hydrogen (secondary N) is 1. The van der Waals surface area contributed by atoms with Crippen molar-refractivity contribution >= 4 is 14.0 Å². The number of benzene rings is 2. The Hall–Kier alpha value is -2.54. The molecule has 0 atom stereocenters. The van der Waals surface area contributed by atoms with E-state index in [0.29, 0.717) is 23.8 Å². The van der Waals surface area contributed by atoms with Crippen LogP contribution in [0.25, 0.3) is 0 Å². The van der Waals surface area contributed by atoms with Crippen LogP contribution in [0.2, 0.25) is 18.1 Å². The van der Waals surface area contributed by atoms with E-state index in [2.05, 4.69) is 39.2 Å². The fourth-order valence-electron chi connectivity index (χ4n) is 2.74. The monoisotopic (exact) mass is 433 g/mol. The quantitative estimate of drug-likeness (QED) is 0.511. The van der Waals surface area contributed by atoms with Gasteiger partial charge in [-0.2, -0.15) is 0 Å². The Morgan fingerprint density at radius 2 is 1.33 bits per heavy atom. The number of rotatable bonds is 9. The van der Waals surface area contributed by atoms with Crippen LogP contribution in [0.15, 0.2) is 30.3 Å². The van der Waals surface area contributed by atoms with Gasteiger partial charge >= 0.3 is 0 Å². The number of hydrogen-bond acceptors (Lipinski definition) is 6. The molecule has 0 aliphatic carbocycles. The van der Waals surface area contributed by atoms with Gasteiger partial charge < -0.3 is 28.7 Å². The molecule has 0 saturated carbocycles. The van der Waals surface area contributed by atoms with Crippen LogP contribution in [0.4, 0.5) is 5.69 Å². The van der Waals surface area contributed by atoms with E-state index in [0.717, 1.165) is 22.7 Å². The number of anilines is 1. The first-order valence-corrected chi connectivity index (χ1v) is 12.9. The summed E-state index contributed by atoms with van der Waals surface area (Å²) in [6.07, 6.45) is 0. The summed E-state index contributed by atoms with van der Waals surface area (Å²) in [7, 11) is 4.49. The third-order valence-electron chi connectivity index (χ3n) is 5.56. The van der Waals surface area contributed by atoms with Crippen LogP contribution in [0.5, 0.6) is 28.7 Å². The lowest BCUT2D eigenvalue weighted by atomic mass is 10.1. The number of ether oxygens (including phenoxy) is 4. The molecule has 0 amide bonds. The van der Waals surface area contributed by atoms with Gasteiger partial charge in [0.1, 0.15) is 5.75 Å². The van der Waals surface area contributed by atoms with Crippen molar-refractivity contribution in [3.8, 4) is 28.7 Å². The highest BCUT2D eigenvalue weighted by Crippen LogP contribution is 2.41. The van der Waals surface area contributed by atoms with Crippen LogP contribution < -0.4 is 28.7 Å². The largest absolute Gasteiger partial charge is 0.541 e. The Balaban J connectivity index is 2.26. The molecule has 2 rings (SSSR count). The van der Waals surface area contributed by atoms with E-state index in [-0.39, 0.29) is 5.04 Å². The minimum Gasteiger partial charge on any atom is -0.541 e. The maximum Gasteiger partial charge on any atom is 0.250 e. The molecular formula is C23H35NO5Si. The third-order valence-corrected chi connectivity index (χ3v) is 9.90. The molecule has 0 aromatic heterocycles. The Morgan fingerprint density at radius 3 is 1.80 bits per heavy atom. The predicted molar refractivity (Wildman–Crippen MR) is 124 cm³/mol. The van der Waals surface area contributed by atoms with Crippen molar-refractivity contribution in [3.63, 3.8) is 0 Å². The molecule has 0 radical (unpaired) electrons. The third kappa shape index (κ3) is 5.33. The molecule has 7 heteroatoms. The van der Waals surface area contributed by atoms with Gasteiger partial charge in [0.25, 0.3) is 8.32 Å². The number of hydrogen-bond donors (Lipinski definition) is 1. The van der Waals surface area contributed by atoms with Gasteiger partial charge in [0.05, 0.1) is 28.4 Å². The maximum absolute atomic E-state index is 6.50. The van der Waals surface area contributed by atoms with Crippen molar-refractivity contribution in [2.24, 2.45) is 0 Å². The molecule has 0 spiro atoms. The van der Waals surface area contributed by atoms with Gasteiger partial charge in [0.15, 0.2) is 17.2 Å². The molecular weight excluding hydrogens is 398 g/mol. The molecule has 0 aliphatic heterocycles. The van der Waals surface area contributed by atoms with Gasteiger partial charge in [-0.05, 0) is 48.0 Å². The summed E-state index contributed by atoms with van der Waals surface area (Å²) in [5.41, 5.74) is 1.95. The first-order valence-electron chi connectivity index (χ1n) is 9.96. The van der Waals surface area contributed by atoms with E-state index in [1.165, 1.54) is 0 Å². The first-order chi connectivity index (χ1) is 14.1. The van der Waals surface area contributed by atoms with Crippen LogP contribution in [0.1, 0.15) is 26.3 Å². The zero-order valence-corrected chi connectivity index (χ0v) is 20.6. The lowest BCUT2D eigenvalue weighted by Crippen LogP contribution is -2.43. The molecule has 2 aromatic rings. The lowest BCUT2D eigenvalue weighted by Gasteiger charge is -2.36. The minimum atomic E-state index is -1.99. The average Bonchev–Trinajstić information content (AvgIpc) is 2.70. The van der Waals surface area contributed by atoms with E-state index in [1.807, 2.05) is 30.3 Å². The Morgan fingerprint density at radius 1 is 0.767 bits per heavy atom. The van der Waals surface area contributed by atoms with Crippen molar-refractivity contribution < 1.29 is 23.4 Å². The van der Waals surface area contributed by atoms with Gasteiger partial charge in [-0.1, -0.05) is 20.8 Å². The van der Waals surface area contributed by atoms with E-state index in [4.69, 9.17) is 23.4 Å². The maximum atomic E-state index is 6.50. The highest BCUT2D eigenvalue weighted by molar-refractivity contribution is 6.74. The van der Waals surface area contributed by atoms with Gasteiger partial charge in [-0.3, -0.25) is 0 Å². The van der Waals surface area contributed by atoms with Crippen molar-refractivity contribution in [1.29, 1.82) is 0 Å². The fraction of sp³-hybridized carbons (Fsp3) is 0.478.